The molecule has 0 aromatic heterocycles. The normalized spacial score (nSPS) is 13.2. The van der Waals surface area contributed by atoms with Crippen LogP contribution in [0.4, 0.5) is 4.79 Å². The zero-order chi connectivity index (χ0) is 23.8. The molecule has 3 N–H and O–H groups in total. The minimum absolute atomic E-state index is 0.0532. The number of alkyl carbamates (subject to hydrolysis) is 1. The van der Waals surface area contributed by atoms with E-state index in [1.165, 1.54) is 0 Å². The van der Waals surface area contributed by atoms with Crippen molar-refractivity contribution in [2.45, 2.75) is 12.0 Å². The minimum atomic E-state index is -1.08. The van der Waals surface area contributed by atoms with E-state index in [4.69, 9.17) is 14.6 Å². The van der Waals surface area contributed by atoms with Gasteiger partial charge < -0.3 is 30.1 Å². The first kappa shape index (κ1) is 24.2. The SMILES string of the molecule is CN(C)C[C@H](NC(=O)OCC1c2ccccc2-c2ccccc21)C(=O)NCCOCC(=O)O. The second-order valence-corrected chi connectivity index (χ2v) is 8.02. The Morgan fingerprint density at radius 1 is 1.03 bits per heavy atom. The Hall–Kier alpha value is -3.43. The van der Waals surface area contributed by atoms with Crippen molar-refractivity contribution in [3.63, 3.8) is 0 Å². The van der Waals surface area contributed by atoms with Crippen LogP contribution in [0.5, 0.6) is 0 Å². The number of ether oxygens (including phenoxy) is 2. The Bertz CT molecular complexity index is 948. The quantitative estimate of drug-likeness (QED) is 0.441. The van der Waals surface area contributed by atoms with Crippen LogP contribution >= 0.6 is 0 Å². The van der Waals surface area contributed by atoms with E-state index in [-0.39, 0.29) is 32.2 Å². The number of carbonyl (C=O) groups is 3. The summed E-state index contributed by atoms with van der Waals surface area (Å²) in [6.07, 6.45) is -0.680. The molecule has 9 heteroatoms. The van der Waals surface area contributed by atoms with Gasteiger partial charge in [-0.3, -0.25) is 4.79 Å². The fourth-order valence-corrected chi connectivity index (χ4v) is 3.87. The van der Waals surface area contributed by atoms with Crippen molar-refractivity contribution >= 4 is 18.0 Å². The number of aliphatic carboxylic acids is 1. The predicted molar refractivity (Wildman–Crippen MR) is 122 cm³/mol. The third-order valence-corrected chi connectivity index (χ3v) is 5.27. The summed E-state index contributed by atoms with van der Waals surface area (Å²) < 4.78 is 10.4. The minimum Gasteiger partial charge on any atom is -0.480 e. The third kappa shape index (κ3) is 6.53. The molecule has 2 aromatic rings. The molecule has 3 rings (SSSR count). The predicted octanol–water partition coefficient (Wildman–Crippen LogP) is 1.67. The van der Waals surface area contributed by atoms with Crippen LogP contribution in [0.3, 0.4) is 0 Å². The highest BCUT2D eigenvalue weighted by molar-refractivity contribution is 5.86. The molecule has 2 amide bonds. The first-order valence-corrected chi connectivity index (χ1v) is 10.7. The summed E-state index contributed by atoms with van der Waals surface area (Å²) in [5, 5.41) is 13.8. The lowest BCUT2D eigenvalue weighted by Crippen LogP contribution is -2.52. The van der Waals surface area contributed by atoms with E-state index in [2.05, 4.69) is 22.8 Å². The summed E-state index contributed by atoms with van der Waals surface area (Å²) in [7, 11) is 3.57. The summed E-state index contributed by atoms with van der Waals surface area (Å²) in [4.78, 5) is 37.3. The summed E-state index contributed by atoms with van der Waals surface area (Å²) in [5.41, 5.74) is 4.49. The molecule has 0 heterocycles. The maximum atomic E-state index is 12.5. The molecule has 33 heavy (non-hydrogen) atoms. The number of hydrogen-bond acceptors (Lipinski definition) is 6. The van der Waals surface area contributed by atoms with Gasteiger partial charge in [0.1, 0.15) is 19.3 Å². The van der Waals surface area contributed by atoms with Gasteiger partial charge in [-0.25, -0.2) is 9.59 Å². The van der Waals surface area contributed by atoms with Crippen LogP contribution in [0, 0.1) is 0 Å². The number of benzene rings is 2. The van der Waals surface area contributed by atoms with E-state index in [0.29, 0.717) is 0 Å². The fourth-order valence-electron chi connectivity index (χ4n) is 3.87. The van der Waals surface area contributed by atoms with Crippen molar-refractivity contribution in [2.75, 3.05) is 47.0 Å². The second kappa shape index (κ2) is 11.4. The standard InChI is InChI=1S/C24H29N3O6/c1-27(2)13-21(23(30)25-11-12-32-15-22(28)29)26-24(31)33-14-20-18-9-5-3-7-16(18)17-8-4-6-10-19(17)20/h3-10,20-21H,11-15H2,1-2H3,(H,25,30)(H,26,31)(H,28,29)/t21-/m0/s1. The van der Waals surface area contributed by atoms with Gasteiger partial charge in [-0.05, 0) is 36.3 Å². The highest BCUT2D eigenvalue weighted by Crippen LogP contribution is 2.44. The van der Waals surface area contributed by atoms with Gasteiger partial charge in [0.2, 0.25) is 5.91 Å². The van der Waals surface area contributed by atoms with Crippen molar-refractivity contribution in [2.24, 2.45) is 0 Å². The zero-order valence-electron chi connectivity index (χ0n) is 18.7. The van der Waals surface area contributed by atoms with Crippen molar-refractivity contribution in [1.29, 1.82) is 0 Å². The number of likely N-dealkylation sites (N-methyl/N-ethyl adjacent to an activating group) is 1. The van der Waals surface area contributed by atoms with Gasteiger partial charge >= 0.3 is 12.1 Å². The molecule has 176 valence electrons. The number of hydrogen-bond donors (Lipinski definition) is 3. The molecule has 0 bridgehead atoms. The summed E-state index contributed by atoms with van der Waals surface area (Å²) in [6, 6.07) is 15.3. The van der Waals surface area contributed by atoms with Crippen molar-refractivity contribution in [3.05, 3.63) is 59.7 Å². The Balaban J connectivity index is 1.56. The maximum Gasteiger partial charge on any atom is 0.407 e. The molecule has 0 saturated carbocycles. The molecule has 0 radical (unpaired) electrons. The molecule has 0 spiro atoms. The van der Waals surface area contributed by atoms with E-state index >= 15 is 0 Å². The molecule has 2 aromatic carbocycles. The Labute approximate surface area is 192 Å². The Morgan fingerprint density at radius 2 is 1.64 bits per heavy atom. The topological polar surface area (TPSA) is 117 Å². The second-order valence-electron chi connectivity index (χ2n) is 8.02. The molecular weight excluding hydrogens is 426 g/mol. The van der Waals surface area contributed by atoms with Gasteiger partial charge in [0.15, 0.2) is 0 Å². The number of fused-ring (bicyclic) bond motifs is 3. The lowest BCUT2D eigenvalue weighted by Gasteiger charge is -2.22. The number of carbonyl (C=O) groups excluding carboxylic acids is 2. The average molecular weight is 456 g/mol. The molecule has 9 nitrogen and oxygen atoms in total. The number of carboxylic acids is 1. The monoisotopic (exact) mass is 455 g/mol. The number of amides is 2. The lowest BCUT2D eigenvalue weighted by molar-refractivity contribution is -0.142. The van der Waals surface area contributed by atoms with Gasteiger partial charge in [0.05, 0.1) is 6.61 Å². The van der Waals surface area contributed by atoms with Gasteiger partial charge in [0, 0.05) is 19.0 Å². The van der Waals surface area contributed by atoms with Crippen LogP contribution in [0.1, 0.15) is 17.0 Å². The van der Waals surface area contributed by atoms with E-state index in [0.717, 1.165) is 22.3 Å². The first-order chi connectivity index (χ1) is 15.9. The van der Waals surface area contributed by atoms with Crippen LogP contribution in [0.15, 0.2) is 48.5 Å². The van der Waals surface area contributed by atoms with Gasteiger partial charge in [-0.2, -0.15) is 0 Å². The average Bonchev–Trinajstić information content (AvgIpc) is 3.10. The third-order valence-electron chi connectivity index (χ3n) is 5.27. The molecule has 0 aliphatic heterocycles. The molecule has 1 atom stereocenters. The summed E-state index contributed by atoms with van der Waals surface area (Å²) in [6.45, 7) is 0.167. The van der Waals surface area contributed by atoms with Crippen LogP contribution in [-0.2, 0) is 19.1 Å². The lowest BCUT2D eigenvalue weighted by atomic mass is 9.98. The number of nitrogens with one attached hydrogen (secondary N) is 2. The van der Waals surface area contributed by atoms with Gasteiger partial charge in [-0.1, -0.05) is 48.5 Å². The molecular formula is C24H29N3O6. The van der Waals surface area contributed by atoms with E-state index in [1.807, 2.05) is 36.4 Å². The highest BCUT2D eigenvalue weighted by atomic mass is 16.5. The summed E-state index contributed by atoms with van der Waals surface area (Å²) in [5.74, 6) is -1.56. The highest BCUT2D eigenvalue weighted by Gasteiger charge is 2.29. The van der Waals surface area contributed by atoms with Crippen molar-refractivity contribution < 1.29 is 29.0 Å². The van der Waals surface area contributed by atoms with Crippen molar-refractivity contribution in [1.82, 2.24) is 15.5 Å². The maximum absolute atomic E-state index is 12.5. The fraction of sp³-hybridized carbons (Fsp3) is 0.375. The van der Waals surface area contributed by atoms with Crippen LogP contribution < -0.4 is 10.6 Å². The largest absolute Gasteiger partial charge is 0.480 e. The Morgan fingerprint density at radius 3 is 2.21 bits per heavy atom. The molecule has 0 fully saturated rings. The van der Waals surface area contributed by atoms with Gasteiger partial charge in [0.25, 0.3) is 0 Å². The van der Waals surface area contributed by atoms with Crippen LogP contribution in [0.2, 0.25) is 0 Å². The first-order valence-electron chi connectivity index (χ1n) is 10.7. The van der Waals surface area contributed by atoms with Crippen molar-refractivity contribution in [3.8, 4) is 11.1 Å². The zero-order valence-corrected chi connectivity index (χ0v) is 18.7. The molecule has 0 saturated heterocycles. The number of rotatable bonds is 11. The molecule has 1 aliphatic carbocycles. The van der Waals surface area contributed by atoms with E-state index in [1.54, 1.807) is 19.0 Å². The van der Waals surface area contributed by atoms with E-state index in [9.17, 15) is 14.4 Å². The van der Waals surface area contributed by atoms with Crippen LogP contribution in [0.25, 0.3) is 11.1 Å². The smallest absolute Gasteiger partial charge is 0.407 e. The summed E-state index contributed by atoms with van der Waals surface area (Å²) >= 11 is 0. The van der Waals surface area contributed by atoms with Gasteiger partial charge in [-0.15, -0.1) is 0 Å². The Kier molecular flexibility index (Phi) is 8.39. The number of nitrogens with zero attached hydrogens (tertiary/aromatic N) is 1. The van der Waals surface area contributed by atoms with E-state index < -0.39 is 30.6 Å². The van der Waals surface area contributed by atoms with Crippen LogP contribution in [-0.4, -0.2) is 81.0 Å². The number of carboxylic acid groups (broad SMARTS) is 1. The molecule has 0 unspecified atom stereocenters. The molecule has 1 aliphatic rings.